The minimum atomic E-state index is -0.375. The van der Waals surface area contributed by atoms with E-state index in [4.69, 9.17) is 11.6 Å². The first-order valence-corrected chi connectivity index (χ1v) is 9.88. The van der Waals surface area contributed by atoms with Crippen molar-refractivity contribution in [3.63, 3.8) is 0 Å². The van der Waals surface area contributed by atoms with Crippen molar-refractivity contribution < 1.29 is 0 Å². The van der Waals surface area contributed by atoms with Crippen LogP contribution in [0.5, 0.6) is 0 Å². The third-order valence-electron chi connectivity index (χ3n) is 3.52. The standard InChI is InChI=1S/C18H12ClN5OS2/c19-15-14(11-20-24(16(15)25)13-9-5-2-6-10-13)26-18-23-22-17(27-18)21-12-7-3-1-4-8-12/h1-11H,(H,21,22). The Bertz CT molecular complexity index is 1120. The van der Waals surface area contributed by atoms with Crippen LogP contribution in [-0.4, -0.2) is 20.0 Å². The summed E-state index contributed by atoms with van der Waals surface area (Å²) < 4.78 is 1.93. The smallest absolute Gasteiger partial charge is 0.291 e. The monoisotopic (exact) mass is 413 g/mol. The summed E-state index contributed by atoms with van der Waals surface area (Å²) in [7, 11) is 0. The summed E-state index contributed by atoms with van der Waals surface area (Å²) in [6.07, 6.45) is 1.56. The summed E-state index contributed by atoms with van der Waals surface area (Å²) in [5.41, 5.74) is 1.21. The van der Waals surface area contributed by atoms with E-state index in [0.29, 0.717) is 20.1 Å². The molecular formula is C18H12ClN5OS2. The molecule has 0 bridgehead atoms. The lowest BCUT2D eigenvalue weighted by Crippen LogP contribution is -2.21. The van der Waals surface area contributed by atoms with Crippen LogP contribution in [-0.2, 0) is 0 Å². The van der Waals surface area contributed by atoms with Crippen LogP contribution in [0, 0.1) is 0 Å². The molecule has 9 heteroatoms. The van der Waals surface area contributed by atoms with Gasteiger partial charge in [0.15, 0.2) is 4.34 Å². The summed E-state index contributed by atoms with van der Waals surface area (Å²) in [4.78, 5) is 13.1. The number of aromatic nitrogens is 4. The van der Waals surface area contributed by atoms with Gasteiger partial charge in [-0.15, -0.1) is 10.2 Å². The molecule has 0 radical (unpaired) electrons. The average Bonchev–Trinajstić information content (AvgIpc) is 3.14. The number of benzene rings is 2. The fourth-order valence-corrected chi connectivity index (χ4v) is 4.24. The summed E-state index contributed by atoms with van der Waals surface area (Å²) in [5, 5.41) is 16.4. The molecule has 4 aromatic rings. The minimum absolute atomic E-state index is 0.103. The lowest BCUT2D eigenvalue weighted by molar-refractivity contribution is 0.791. The highest BCUT2D eigenvalue weighted by atomic mass is 35.5. The Hall–Kier alpha value is -2.68. The second kappa shape index (κ2) is 7.91. The van der Waals surface area contributed by atoms with Crippen LogP contribution in [0.2, 0.25) is 5.02 Å². The Morgan fingerprint density at radius 2 is 1.70 bits per heavy atom. The van der Waals surface area contributed by atoms with Gasteiger partial charge in [-0.1, -0.05) is 71.1 Å². The van der Waals surface area contributed by atoms with E-state index in [-0.39, 0.29) is 10.6 Å². The van der Waals surface area contributed by atoms with Crippen molar-refractivity contribution in [1.82, 2.24) is 20.0 Å². The van der Waals surface area contributed by atoms with Crippen molar-refractivity contribution in [3.8, 4) is 5.69 Å². The molecule has 0 aliphatic carbocycles. The summed E-state index contributed by atoms with van der Waals surface area (Å²) in [6.45, 7) is 0. The van der Waals surface area contributed by atoms with Gasteiger partial charge in [-0.2, -0.15) is 9.78 Å². The van der Waals surface area contributed by atoms with Crippen molar-refractivity contribution >= 4 is 45.5 Å². The zero-order valence-electron chi connectivity index (χ0n) is 13.7. The van der Waals surface area contributed by atoms with E-state index in [9.17, 15) is 4.79 Å². The van der Waals surface area contributed by atoms with Gasteiger partial charge in [0.2, 0.25) is 5.13 Å². The maximum atomic E-state index is 12.5. The predicted molar refractivity (Wildman–Crippen MR) is 109 cm³/mol. The van der Waals surface area contributed by atoms with Crippen molar-refractivity contribution in [3.05, 3.63) is 82.2 Å². The molecule has 2 heterocycles. The molecule has 0 saturated carbocycles. The van der Waals surface area contributed by atoms with Crippen LogP contribution in [0.4, 0.5) is 10.8 Å². The Morgan fingerprint density at radius 1 is 1.00 bits per heavy atom. The van der Waals surface area contributed by atoms with E-state index in [1.807, 2.05) is 48.5 Å². The van der Waals surface area contributed by atoms with Crippen LogP contribution < -0.4 is 10.9 Å². The van der Waals surface area contributed by atoms with E-state index < -0.39 is 0 Å². The zero-order chi connectivity index (χ0) is 18.6. The second-order valence-corrected chi connectivity index (χ2v) is 7.99. The van der Waals surface area contributed by atoms with Crippen molar-refractivity contribution in [2.45, 2.75) is 9.24 Å². The SMILES string of the molecule is O=c1c(Cl)c(Sc2nnc(Nc3ccccc3)s2)cnn1-c1ccccc1. The molecule has 0 saturated heterocycles. The maximum Gasteiger partial charge on any atom is 0.291 e. The molecule has 2 aromatic heterocycles. The fourth-order valence-electron chi connectivity index (χ4n) is 2.28. The third-order valence-corrected chi connectivity index (χ3v) is 5.91. The first-order valence-electron chi connectivity index (χ1n) is 7.87. The molecular weight excluding hydrogens is 402 g/mol. The number of halogens is 1. The highest BCUT2D eigenvalue weighted by Crippen LogP contribution is 2.35. The fraction of sp³-hybridized carbons (Fsp3) is 0. The van der Waals surface area contributed by atoms with Crippen LogP contribution in [0.3, 0.4) is 0 Å². The summed E-state index contributed by atoms with van der Waals surface area (Å²) >= 11 is 8.91. The topological polar surface area (TPSA) is 72.7 Å². The van der Waals surface area contributed by atoms with Crippen LogP contribution >= 0.6 is 34.7 Å². The second-order valence-electron chi connectivity index (χ2n) is 5.34. The highest BCUT2D eigenvalue weighted by molar-refractivity contribution is 8.01. The van der Waals surface area contributed by atoms with Crippen molar-refractivity contribution in [2.75, 3.05) is 5.32 Å². The molecule has 0 spiro atoms. The molecule has 6 nitrogen and oxygen atoms in total. The number of rotatable bonds is 5. The Balaban J connectivity index is 1.55. The first kappa shape index (κ1) is 17.7. The Morgan fingerprint density at radius 3 is 2.44 bits per heavy atom. The van der Waals surface area contributed by atoms with Crippen molar-refractivity contribution in [2.24, 2.45) is 0 Å². The van der Waals surface area contributed by atoms with Gasteiger partial charge in [0.05, 0.1) is 16.8 Å². The number of para-hydroxylation sites is 2. The van der Waals surface area contributed by atoms with Crippen LogP contribution in [0.15, 0.2) is 80.9 Å². The molecule has 2 aromatic carbocycles. The average molecular weight is 414 g/mol. The molecule has 134 valence electrons. The van der Waals surface area contributed by atoms with Gasteiger partial charge in [-0.25, -0.2) is 0 Å². The number of nitrogens with one attached hydrogen (secondary N) is 1. The zero-order valence-corrected chi connectivity index (χ0v) is 16.1. The van der Waals surface area contributed by atoms with Crippen molar-refractivity contribution in [1.29, 1.82) is 0 Å². The molecule has 4 rings (SSSR count). The number of hydrogen-bond donors (Lipinski definition) is 1. The van der Waals surface area contributed by atoms with Gasteiger partial charge in [0.25, 0.3) is 5.56 Å². The lowest BCUT2D eigenvalue weighted by atomic mass is 10.3. The maximum absolute atomic E-state index is 12.5. The van der Waals surface area contributed by atoms with Gasteiger partial charge in [0.1, 0.15) is 5.02 Å². The Labute approximate surface area is 167 Å². The summed E-state index contributed by atoms with van der Waals surface area (Å²) in [5.74, 6) is 0. The van der Waals surface area contributed by atoms with Gasteiger partial charge < -0.3 is 5.32 Å². The number of hydrogen-bond acceptors (Lipinski definition) is 7. The van der Waals surface area contributed by atoms with Gasteiger partial charge in [-0.05, 0) is 24.3 Å². The number of nitrogens with zero attached hydrogens (tertiary/aromatic N) is 4. The van der Waals surface area contributed by atoms with Gasteiger partial charge in [-0.3, -0.25) is 4.79 Å². The van der Waals surface area contributed by atoms with E-state index >= 15 is 0 Å². The Kier molecular flexibility index (Phi) is 5.19. The first-order chi connectivity index (χ1) is 13.2. The normalized spacial score (nSPS) is 10.7. The largest absolute Gasteiger partial charge is 0.330 e. The predicted octanol–water partition coefficient (Wildman–Crippen LogP) is 4.63. The molecule has 27 heavy (non-hydrogen) atoms. The molecule has 1 N–H and O–H groups in total. The van der Waals surface area contributed by atoms with Gasteiger partial charge >= 0.3 is 0 Å². The van der Waals surface area contributed by atoms with E-state index in [0.717, 1.165) is 5.69 Å². The molecule has 0 fully saturated rings. The third kappa shape index (κ3) is 4.02. The minimum Gasteiger partial charge on any atom is -0.330 e. The van der Waals surface area contributed by atoms with Crippen LogP contribution in [0.1, 0.15) is 0 Å². The molecule has 0 aliphatic rings. The van der Waals surface area contributed by atoms with E-state index in [1.165, 1.54) is 27.8 Å². The van der Waals surface area contributed by atoms with Crippen LogP contribution in [0.25, 0.3) is 5.69 Å². The van der Waals surface area contributed by atoms with Gasteiger partial charge in [0, 0.05) is 5.69 Å². The molecule has 0 aliphatic heterocycles. The van der Waals surface area contributed by atoms with E-state index in [2.05, 4.69) is 20.6 Å². The lowest BCUT2D eigenvalue weighted by Gasteiger charge is -2.06. The van der Waals surface area contributed by atoms with E-state index in [1.54, 1.807) is 18.3 Å². The molecule has 0 unspecified atom stereocenters. The highest BCUT2D eigenvalue weighted by Gasteiger charge is 2.14. The number of anilines is 2. The molecule has 0 amide bonds. The summed E-state index contributed by atoms with van der Waals surface area (Å²) in [6, 6.07) is 18.8. The quantitative estimate of drug-likeness (QED) is 0.514. The molecule has 0 atom stereocenters.